The monoisotopic (exact) mass is 287 g/mol. The maximum Gasteiger partial charge on any atom is 0.0721 e. The highest BCUT2D eigenvalue weighted by atomic mass is 35.5. The van der Waals surface area contributed by atoms with Crippen LogP contribution in [-0.2, 0) is 0 Å². The number of hydrogen-bond donors (Lipinski definition) is 2. The molecule has 0 bridgehead atoms. The molecule has 3 N–H and O–H groups in total. The number of nitrogens with zero attached hydrogens (tertiary/aromatic N) is 1. The fourth-order valence-corrected chi connectivity index (χ4v) is 3.02. The number of hydrogen-bond acceptors (Lipinski definition) is 3. The lowest BCUT2D eigenvalue weighted by Gasteiger charge is -2.47. The summed E-state index contributed by atoms with van der Waals surface area (Å²) in [7, 11) is 4.24. The Morgan fingerprint density at radius 2 is 1.83 bits per heavy atom. The minimum absolute atomic E-state index is 0.230. The number of nitrogen functional groups attached to an aromatic ring is 1. The van der Waals surface area contributed by atoms with Crippen LogP contribution in [-0.4, -0.2) is 31.1 Å². The summed E-state index contributed by atoms with van der Waals surface area (Å²) in [6, 6.07) is 3.44. The van der Waals surface area contributed by atoms with Crippen molar-refractivity contribution < 1.29 is 0 Å². The summed E-state index contributed by atoms with van der Waals surface area (Å²) < 4.78 is 0. The highest BCUT2D eigenvalue weighted by Gasteiger charge is 2.38. The fourth-order valence-electron chi connectivity index (χ4n) is 2.38. The molecule has 0 amide bonds. The first-order chi connectivity index (χ1) is 8.44. The van der Waals surface area contributed by atoms with Gasteiger partial charge in [0.2, 0.25) is 0 Å². The largest absolute Gasteiger partial charge is 0.399 e. The van der Waals surface area contributed by atoms with E-state index in [2.05, 4.69) is 24.3 Å². The molecule has 0 aliphatic heterocycles. The van der Waals surface area contributed by atoms with E-state index in [-0.39, 0.29) is 5.54 Å². The number of nitrogens with one attached hydrogen (secondary N) is 1. The molecule has 0 radical (unpaired) electrons. The van der Waals surface area contributed by atoms with Crippen LogP contribution in [0.4, 0.5) is 11.4 Å². The van der Waals surface area contributed by atoms with Gasteiger partial charge in [0.25, 0.3) is 0 Å². The van der Waals surface area contributed by atoms with Crippen LogP contribution in [0.25, 0.3) is 0 Å². The van der Waals surface area contributed by atoms with Gasteiger partial charge in [-0.1, -0.05) is 23.2 Å². The minimum Gasteiger partial charge on any atom is -0.399 e. The second kappa shape index (κ2) is 5.16. The van der Waals surface area contributed by atoms with E-state index in [0.717, 1.165) is 12.2 Å². The molecule has 0 unspecified atom stereocenters. The molecule has 5 heteroatoms. The number of benzene rings is 1. The standard InChI is InChI=1S/C13H19Cl2N3/c1-18(2)13(4-3-5-13)8-17-12-10(14)6-9(16)7-11(12)15/h6-7,17H,3-5,8,16H2,1-2H3. The third-order valence-electron chi connectivity index (χ3n) is 3.89. The van der Waals surface area contributed by atoms with Crippen LogP contribution < -0.4 is 11.1 Å². The van der Waals surface area contributed by atoms with Crippen molar-refractivity contribution in [1.29, 1.82) is 0 Å². The van der Waals surface area contributed by atoms with Gasteiger partial charge >= 0.3 is 0 Å². The van der Waals surface area contributed by atoms with Gasteiger partial charge in [-0.3, -0.25) is 0 Å². The Morgan fingerprint density at radius 1 is 1.28 bits per heavy atom. The molecular weight excluding hydrogens is 269 g/mol. The van der Waals surface area contributed by atoms with Crippen molar-refractivity contribution in [2.24, 2.45) is 0 Å². The molecule has 0 spiro atoms. The lowest BCUT2D eigenvalue weighted by Crippen LogP contribution is -2.54. The zero-order valence-corrected chi connectivity index (χ0v) is 12.3. The van der Waals surface area contributed by atoms with E-state index in [0.29, 0.717) is 15.7 Å². The Morgan fingerprint density at radius 3 is 2.22 bits per heavy atom. The van der Waals surface area contributed by atoms with Gasteiger partial charge in [0, 0.05) is 17.8 Å². The molecule has 0 saturated heterocycles. The van der Waals surface area contributed by atoms with Gasteiger partial charge in [-0.25, -0.2) is 0 Å². The molecule has 1 aliphatic rings. The van der Waals surface area contributed by atoms with Gasteiger partial charge in [0.1, 0.15) is 0 Å². The topological polar surface area (TPSA) is 41.3 Å². The Kier molecular flexibility index (Phi) is 3.95. The number of halogens is 2. The van der Waals surface area contributed by atoms with Crippen LogP contribution in [0.1, 0.15) is 19.3 Å². The molecular formula is C13H19Cl2N3. The Bertz CT molecular complexity index is 419. The van der Waals surface area contributed by atoms with Crippen molar-refractivity contribution in [3.05, 3.63) is 22.2 Å². The molecule has 1 aliphatic carbocycles. The van der Waals surface area contributed by atoms with Gasteiger partial charge in [-0.15, -0.1) is 0 Å². The smallest absolute Gasteiger partial charge is 0.0721 e. The first-order valence-electron chi connectivity index (χ1n) is 6.10. The maximum atomic E-state index is 6.16. The molecule has 0 atom stereocenters. The summed E-state index contributed by atoms with van der Waals surface area (Å²) in [4.78, 5) is 2.28. The predicted octanol–water partition coefficient (Wildman–Crippen LogP) is 3.47. The average molecular weight is 288 g/mol. The van der Waals surface area contributed by atoms with Crippen LogP contribution >= 0.6 is 23.2 Å². The van der Waals surface area contributed by atoms with E-state index in [1.54, 1.807) is 12.1 Å². The average Bonchev–Trinajstić information content (AvgIpc) is 2.18. The molecule has 100 valence electrons. The fraction of sp³-hybridized carbons (Fsp3) is 0.538. The zero-order chi connectivity index (χ0) is 13.3. The van der Waals surface area contributed by atoms with Gasteiger partial charge in [0.05, 0.1) is 15.7 Å². The van der Waals surface area contributed by atoms with E-state index in [1.165, 1.54) is 19.3 Å². The van der Waals surface area contributed by atoms with E-state index in [4.69, 9.17) is 28.9 Å². The summed E-state index contributed by atoms with van der Waals surface area (Å²) in [5.41, 5.74) is 7.28. The van der Waals surface area contributed by atoms with Gasteiger partial charge in [-0.05, 0) is 45.5 Å². The second-order valence-corrected chi connectivity index (χ2v) is 6.00. The van der Waals surface area contributed by atoms with Gasteiger partial charge in [-0.2, -0.15) is 0 Å². The number of anilines is 2. The first kappa shape index (κ1) is 13.8. The van der Waals surface area contributed by atoms with Crippen LogP contribution in [0, 0.1) is 0 Å². The molecule has 18 heavy (non-hydrogen) atoms. The zero-order valence-electron chi connectivity index (χ0n) is 10.8. The van der Waals surface area contributed by atoms with Crippen molar-refractivity contribution in [2.75, 3.05) is 31.7 Å². The van der Waals surface area contributed by atoms with E-state index >= 15 is 0 Å². The van der Waals surface area contributed by atoms with Crippen molar-refractivity contribution in [2.45, 2.75) is 24.8 Å². The second-order valence-electron chi connectivity index (χ2n) is 5.19. The SMILES string of the molecule is CN(C)C1(CNc2c(Cl)cc(N)cc2Cl)CCC1. The van der Waals surface area contributed by atoms with Crippen molar-refractivity contribution in [1.82, 2.24) is 4.90 Å². The molecule has 1 saturated carbocycles. The number of rotatable bonds is 4. The molecule has 1 aromatic rings. The van der Waals surface area contributed by atoms with Crippen molar-refractivity contribution in [3.8, 4) is 0 Å². The third-order valence-corrected chi connectivity index (χ3v) is 4.49. The summed E-state index contributed by atoms with van der Waals surface area (Å²) >= 11 is 12.3. The Hall–Kier alpha value is -0.640. The number of nitrogens with two attached hydrogens (primary N) is 1. The lowest BCUT2D eigenvalue weighted by molar-refractivity contribution is 0.0739. The predicted molar refractivity (Wildman–Crippen MR) is 79.6 cm³/mol. The van der Waals surface area contributed by atoms with E-state index < -0.39 is 0 Å². The van der Waals surface area contributed by atoms with Crippen molar-refractivity contribution >= 4 is 34.6 Å². The quantitative estimate of drug-likeness (QED) is 0.833. The maximum absolute atomic E-state index is 6.16. The van der Waals surface area contributed by atoms with E-state index in [9.17, 15) is 0 Å². The highest BCUT2D eigenvalue weighted by molar-refractivity contribution is 6.39. The molecule has 1 aromatic carbocycles. The first-order valence-corrected chi connectivity index (χ1v) is 6.86. The molecule has 0 aromatic heterocycles. The molecule has 2 rings (SSSR count). The summed E-state index contributed by atoms with van der Waals surface area (Å²) in [6.45, 7) is 0.851. The summed E-state index contributed by atoms with van der Waals surface area (Å²) in [5.74, 6) is 0. The van der Waals surface area contributed by atoms with Crippen LogP contribution in [0.5, 0.6) is 0 Å². The van der Waals surface area contributed by atoms with Crippen LogP contribution in [0.3, 0.4) is 0 Å². The highest BCUT2D eigenvalue weighted by Crippen LogP contribution is 2.38. The minimum atomic E-state index is 0.230. The molecule has 3 nitrogen and oxygen atoms in total. The van der Waals surface area contributed by atoms with Gasteiger partial charge in [0.15, 0.2) is 0 Å². The Labute approximate surface area is 118 Å². The lowest BCUT2D eigenvalue weighted by atomic mass is 9.75. The third kappa shape index (κ3) is 2.53. The van der Waals surface area contributed by atoms with E-state index in [1.807, 2.05) is 0 Å². The summed E-state index contributed by atoms with van der Waals surface area (Å²) in [5, 5.41) is 4.53. The number of likely N-dealkylation sites (N-methyl/N-ethyl adjacent to an activating group) is 1. The van der Waals surface area contributed by atoms with Crippen LogP contribution in [0.15, 0.2) is 12.1 Å². The van der Waals surface area contributed by atoms with Crippen LogP contribution in [0.2, 0.25) is 10.0 Å². The normalized spacial score (nSPS) is 17.6. The van der Waals surface area contributed by atoms with Crippen molar-refractivity contribution in [3.63, 3.8) is 0 Å². The van der Waals surface area contributed by atoms with Gasteiger partial charge < -0.3 is 16.0 Å². The Balaban J connectivity index is 2.11. The summed E-state index contributed by atoms with van der Waals surface area (Å²) in [6.07, 6.45) is 3.69. The molecule has 0 heterocycles. The molecule has 1 fully saturated rings.